The van der Waals surface area contributed by atoms with Gasteiger partial charge in [0.1, 0.15) is 0 Å². The molecule has 94 heavy (non-hydrogen) atoms. The average molecular weight is 1290 g/mol. The molecule has 0 N–H and O–H groups in total. The predicted octanol–water partition coefficient (Wildman–Crippen LogP) is 23.8. The molecule has 478 valence electrons. The zero-order chi connectivity index (χ0) is 64.2. The number of benzene rings is 11. The summed E-state index contributed by atoms with van der Waals surface area (Å²) in [5, 5.41) is 0. The smallest absolute Gasteiger partial charge is 0.0622 e. The first kappa shape index (κ1) is 67.4. The van der Waals surface area contributed by atoms with E-state index in [0.29, 0.717) is 53.3 Å². The second-order valence-corrected chi connectivity index (χ2v) is 31.7. The minimum absolute atomic E-state index is 0.427. The van der Waals surface area contributed by atoms with E-state index < -0.39 is 14.7 Å². The Hall–Kier alpha value is -8.02. The molecule has 0 saturated carbocycles. The molecule has 0 saturated heterocycles. The van der Waals surface area contributed by atoms with Gasteiger partial charge in [0, 0.05) is 0 Å². The Morgan fingerprint density at radius 3 is 0.606 bits per heavy atom. The van der Waals surface area contributed by atoms with Crippen LogP contribution in [0.25, 0.3) is 0 Å². The fourth-order valence-corrected chi connectivity index (χ4v) is 20.4. The number of hydrogen-bond donors (Lipinski definition) is 0. The van der Waals surface area contributed by atoms with Crippen molar-refractivity contribution >= 4 is 27.7 Å². The zero-order valence-corrected chi connectivity index (χ0v) is 58.0. The van der Waals surface area contributed by atoms with Crippen molar-refractivity contribution in [1.29, 1.82) is 0 Å². The molecule has 11 aromatic carbocycles. The van der Waals surface area contributed by atoms with Gasteiger partial charge < -0.3 is 0 Å². The molecule has 11 rings (SSSR count). The third kappa shape index (κ3) is 19.8. The molecule has 0 aliphatic carbocycles. The van der Waals surface area contributed by atoms with Gasteiger partial charge in [-0.15, -0.1) is 0 Å². The second-order valence-electron chi connectivity index (χ2n) is 27.0. The van der Waals surface area contributed by atoms with Crippen molar-refractivity contribution in [1.82, 2.24) is 0 Å². The number of hydrogen-bond acceptors (Lipinski definition) is 0. The molecule has 9 unspecified atom stereocenters. The predicted molar refractivity (Wildman–Crippen MR) is 405 cm³/mol. The molecule has 1 heteroatoms. The fraction of sp³-hybridized carbons (Fsp3) is 0.290. The number of rotatable bonds is 36. The average Bonchev–Trinajstić information content (AvgIpc) is 2.64. The normalized spacial score (nSPS) is 14.5. The van der Waals surface area contributed by atoms with Gasteiger partial charge in [0.2, 0.25) is 0 Å². The molecule has 0 aliphatic rings. The summed E-state index contributed by atoms with van der Waals surface area (Å²) in [6.45, 7) is 4.84. The van der Waals surface area contributed by atoms with Gasteiger partial charge in [-0.05, 0) is 140 Å². The van der Waals surface area contributed by atoms with E-state index in [-0.39, 0.29) is 0 Å². The quantitative estimate of drug-likeness (QED) is 0.0343. The van der Waals surface area contributed by atoms with E-state index in [1.165, 1.54) is 153 Å². The fourth-order valence-electron chi connectivity index (χ4n) is 15.6. The Kier molecular flexibility index (Phi) is 26.2. The van der Waals surface area contributed by atoms with Gasteiger partial charge in [0.15, 0.2) is 0 Å². The first-order valence-corrected chi connectivity index (χ1v) is 38.7. The molecule has 0 radical (unpaired) electrons. The summed E-state index contributed by atoms with van der Waals surface area (Å²) in [5.41, 5.74) is 13.4. The van der Waals surface area contributed by atoms with Crippen molar-refractivity contribution in [2.24, 2.45) is 0 Å². The van der Waals surface area contributed by atoms with Gasteiger partial charge in [0.05, 0.1) is 0 Å². The molecule has 0 bridgehead atoms. The van der Waals surface area contributed by atoms with Crippen molar-refractivity contribution in [2.45, 2.75) is 170 Å². The van der Waals surface area contributed by atoms with E-state index in [0.717, 1.165) is 12.8 Å². The van der Waals surface area contributed by atoms with E-state index in [9.17, 15) is 0 Å². The van der Waals surface area contributed by atoms with Crippen LogP contribution in [-0.4, -0.2) is 14.7 Å². The molecular formula is C93H101As. The van der Waals surface area contributed by atoms with Crippen LogP contribution in [0.3, 0.4) is 0 Å². The Bertz CT molecular complexity index is 3730. The summed E-state index contributed by atoms with van der Waals surface area (Å²) in [5.74, 6) is 4.42. The molecule has 0 fully saturated rings. The van der Waals surface area contributed by atoms with Crippen LogP contribution < -0.4 is 13.1 Å². The monoisotopic (exact) mass is 1290 g/mol. The summed E-state index contributed by atoms with van der Waals surface area (Å²) in [6.07, 6.45) is 18.9. The molecule has 0 amide bonds. The Morgan fingerprint density at radius 1 is 0.191 bits per heavy atom. The van der Waals surface area contributed by atoms with Gasteiger partial charge in [-0.3, -0.25) is 0 Å². The van der Waals surface area contributed by atoms with Gasteiger partial charge in [0.25, 0.3) is 0 Å². The summed E-state index contributed by atoms with van der Waals surface area (Å²) >= 11 is -1.69. The SMILES string of the molecule is CCC(CCC(CCC(CCC(CCC(CCC(CCC(CCC(CC(C)c1ccc([As](c2ccccc2)c2ccccc2)cc1)c1ccccc1)c1ccccc1)c1ccccc1)c1ccccc1)c1ccccc1)c1ccccc1)c1ccccc1)c1ccccc1. The van der Waals surface area contributed by atoms with Crippen molar-refractivity contribution < 1.29 is 0 Å². The molecule has 9 atom stereocenters. The first-order valence-electron chi connectivity index (χ1n) is 35.9. The van der Waals surface area contributed by atoms with Crippen LogP contribution in [0.1, 0.15) is 220 Å². The summed E-state index contributed by atoms with van der Waals surface area (Å²) in [7, 11) is 0. The maximum atomic E-state index is 2.47. The van der Waals surface area contributed by atoms with Gasteiger partial charge in [-0.25, -0.2) is 0 Å². The summed E-state index contributed by atoms with van der Waals surface area (Å²) in [4.78, 5) is 0. The third-order valence-corrected chi connectivity index (χ3v) is 26.2. The van der Waals surface area contributed by atoms with E-state index in [4.69, 9.17) is 0 Å². The van der Waals surface area contributed by atoms with Crippen LogP contribution in [0, 0.1) is 0 Å². The Balaban J connectivity index is 0.780. The molecule has 0 spiro atoms. The van der Waals surface area contributed by atoms with E-state index >= 15 is 0 Å². The first-order chi connectivity index (χ1) is 46.5. The van der Waals surface area contributed by atoms with E-state index in [2.05, 4.69) is 341 Å². The minimum Gasteiger partial charge on any atom is -0.0622 e. The molecule has 0 aromatic heterocycles. The van der Waals surface area contributed by atoms with Crippen LogP contribution in [-0.2, 0) is 0 Å². The Morgan fingerprint density at radius 2 is 0.372 bits per heavy atom. The maximum absolute atomic E-state index is 2.47. The van der Waals surface area contributed by atoms with Crippen molar-refractivity contribution in [3.63, 3.8) is 0 Å². The van der Waals surface area contributed by atoms with E-state index in [1.807, 2.05) is 0 Å². The van der Waals surface area contributed by atoms with Crippen molar-refractivity contribution in [3.05, 3.63) is 378 Å². The van der Waals surface area contributed by atoms with Crippen LogP contribution in [0.15, 0.2) is 328 Å². The minimum atomic E-state index is -1.69. The topological polar surface area (TPSA) is 0 Å². The molecule has 0 heterocycles. The molecule has 0 nitrogen and oxygen atoms in total. The summed E-state index contributed by atoms with van der Waals surface area (Å²) in [6, 6.07) is 124. The Labute approximate surface area is 571 Å². The van der Waals surface area contributed by atoms with Crippen molar-refractivity contribution in [3.8, 4) is 0 Å². The van der Waals surface area contributed by atoms with Crippen LogP contribution in [0.2, 0.25) is 0 Å². The molecular weight excluding hydrogens is 1190 g/mol. The van der Waals surface area contributed by atoms with Gasteiger partial charge in [-0.2, -0.15) is 0 Å². The van der Waals surface area contributed by atoms with Gasteiger partial charge in [-0.1, -0.05) is 207 Å². The zero-order valence-electron chi connectivity index (χ0n) is 56.1. The van der Waals surface area contributed by atoms with Crippen molar-refractivity contribution in [2.75, 3.05) is 0 Å². The second kappa shape index (κ2) is 36.6. The standard InChI is InChI=1S/C93H101As/c1-3-74(76-34-14-4-15-35-76)54-55-84(77-36-16-5-17-37-77)56-57-85(78-38-18-6-19-39-78)58-59-86(79-40-20-7-21-41-79)60-61-87(80-42-22-8-23-43-80)62-63-88(81-44-24-9-25-45-81)64-65-89(82-46-26-10-27-47-82)66-67-90(83-48-28-11-29-49-83)72-73(2)75-68-70-93(71-69-75)94(91-50-30-12-31-51-91)92-52-32-13-33-53-92/h4-53,68-71,73-74,84-90H,3,54-67,72H2,1-2H3. The molecule has 0 aliphatic heterocycles. The van der Waals surface area contributed by atoms with Crippen LogP contribution in [0.5, 0.6) is 0 Å². The summed E-state index contributed by atoms with van der Waals surface area (Å²) < 4.78 is 4.44. The third-order valence-electron chi connectivity index (χ3n) is 21.1. The van der Waals surface area contributed by atoms with Gasteiger partial charge >= 0.3 is 229 Å². The molecule has 11 aromatic rings. The van der Waals surface area contributed by atoms with Crippen LogP contribution in [0.4, 0.5) is 0 Å². The van der Waals surface area contributed by atoms with Crippen LogP contribution >= 0.6 is 0 Å². The van der Waals surface area contributed by atoms with E-state index in [1.54, 1.807) is 0 Å².